The van der Waals surface area contributed by atoms with Gasteiger partial charge in [-0.1, -0.05) is 47.2 Å². The number of aryl methyl sites for hydroxylation is 1. The van der Waals surface area contributed by atoms with Crippen molar-refractivity contribution in [3.05, 3.63) is 59.2 Å². The minimum absolute atomic E-state index is 0.746. The highest BCUT2D eigenvalue weighted by molar-refractivity contribution is 7.23. The first-order chi connectivity index (χ1) is 9.72. The summed E-state index contributed by atoms with van der Waals surface area (Å²) in [5.41, 5.74) is 4.60. The summed E-state index contributed by atoms with van der Waals surface area (Å²) in [5, 5.41) is 0.746. The summed E-state index contributed by atoms with van der Waals surface area (Å²) in [4.78, 5) is 5.76. The zero-order valence-electron chi connectivity index (χ0n) is 10.8. The second-order valence-corrected chi connectivity index (χ2v) is 6.25. The highest BCUT2D eigenvalue weighted by atomic mass is 35.5. The van der Waals surface area contributed by atoms with E-state index in [9.17, 15) is 0 Å². The number of benzene rings is 2. The lowest BCUT2D eigenvalue weighted by molar-refractivity contribution is 1.27. The molecular formula is C16H11ClN2S. The highest BCUT2D eigenvalue weighted by Gasteiger charge is 2.11. The molecule has 0 aliphatic carbocycles. The Morgan fingerprint density at radius 1 is 1.10 bits per heavy atom. The predicted octanol–water partition coefficient (Wildman–Crippen LogP) is 5.18. The average Bonchev–Trinajstić information content (AvgIpc) is 2.97. The number of fused-ring (bicyclic) bond motifs is 3. The summed E-state index contributed by atoms with van der Waals surface area (Å²) in [6.07, 6.45) is 2.10. The van der Waals surface area contributed by atoms with Crippen LogP contribution in [0.25, 0.3) is 26.4 Å². The summed E-state index contributed by atoms with van der Waals surface area (Å²) >= 11 is 7.65. The Kier molecular flexibility index (Phi) is 2.59. The van der Waals surface area contributed by atoms with Crippen LogP contribution in [0.5, 0.6) is 0 Å². The second kappa shape index (κ2) is 4.33. The van der Waals surface area contributed by atoms with E-state index in [2.05, 4.69) is 35.7 Å². The van der Waals surface area contributed by atoms with Crippen molar-refractivity contribution in [1.82, 2.24) is 9.38 Å². The molecule has 0 N–H and O–H groups in total. The summed E-state index contributed by atoms with van der Waals surface area (Å²) in [6, 6.07) is 14.2. The molecule has 0 aliphatic rings. The average molecular weight is 299 g/mol. The molecule has 0 bridgehead atoms. The van der Waals surface area contributed by atoms with Crippen LogP contribution >= 0.6 is 22.9 Å². The second-order valence-electron chi connectivity index (χ2n) is 4.81. The number of hydrogen-bond donors (Lipinski definition) is 0. The van der Waals surface area contributed by atoms with Gasteiger partial charge in [0, 0.05) is 16.8 Å². The van der Waals surface area contributed by atoms with Crippen LogP contribution in [0.15, 0.2) is 48.7 Å². The number of thiazole rings is 1. The van der Waals surface area contributed by atoms with Gasteiger partial charge in [0.05, 0.1) is 15.9 Å². The fourth-order valence-corrected chi connectivity index (χ4v) is 3.69. The minimum atomic E-state index is 0.746. The van der Waals surface area contributed by atoms with Gasteiger partial charge in [0.25, 0.3) is 0 Å². The van der Waals surface area contributed by atoms with Gasteiger partial charge in [-0.25, -0.2) is 4.98 Å². The monoisotopic (exact) mass is 298 g/mol. The minimum Gasteiger partial charge on any atom is -0.289 e. The van der Waals surface area contributed by atoms with E-state index in [-0.39, 0.29) is 0 Å². The molecule has 0 radical (unpaired) electrons. The lowest BCUT2D eigenvalue weighted by Gasteiger charge is -1.97. The van der Waals surface area contributed by atoms with Crippen LogP contribution in [-0.2, 0) is 0 Å². The van der Waals surface area contributed by atoms with Crippen molar-refractivity contribution in [2.24, 2.45) is 0 Å². The molecule has 2 aromatic carbocycles. The van der Waals surface area contributed by atoms with Crippen molar-refractivity contribution in [2.75, 3.05) is 0 Å². The maximum Gasteiger partial charge on any atom is 0.195 e. The van der Waals surface area contributed by atoms with Gasteiger partial charge in [-0.15, -0.1) is 0 Å². The zero-order chi connectivity index (χ0) is 13.7. The summed E-state index contributed by atoms with van der Waals surface area (Å²) in [7, 11) is 0. The van der Waals surface area contributed by atoms with Gasteiger partial charge in [-0.05, 0) is 30.7 Å². The normalized spacial score (nSPS) is 11.5. The quantitative estimate of drug-likeness (QED) is 0.473. The van der Waals surface area contributed by atoms with E-state index in [1.807, 2.05) is 24.3 Å². The van der Waals surface area contributed by atoms with Gasteiger partial charge in [0.2, 0.25) is 0 Å². The first-order valence-corrected chi connectivity index (χ1v) is 7.55. The number of imidazole rings is 1. The van der Waals surface area contributed by atoms with Crippen LogP contribution in [-0.4, -0.2) is 9.38 Å². The first kappa shape index (κ1) is 11.9. The Hall–Kier alpha value is -1.84. The number of aromatic nitrogens is 2. The molecule has 98 valence electrons. The highest BCUT2D eigenvalue weighted by Crippen LogP contribution is 2.31. The fraction of sp³-hybridized carbons (Fsp3) is 0.0625. The fourth-order valence-electron chi connectivity index (χ4n) is 2.48. The molecule has 0 atom stereocenters. The Bertz CT molecular complexity index is 919. The molecule has 0 saturated carbocycles. The van der Waals surface area contributed by atoms with Gasteiger partial charge in [0.1, 0.15) is 0 Å². The molecular weight excluding hydrogens is 288 g/mol. The maximum atomic E-state index is 5.93. The molecule has 2 heterocycles. The zero-order valence-corrected chi connectivity index (χ0v) is 12.4. The predicted molar refractivity (Wildman–Crippen MR) is 85.8 cm³/mol. The van der Waals surface area contributed by atoms with Gasteiger partial charge >= 0.3 is 0 Å². The molecule has 4 aromatic rings. The SMILES string of the molecule is Cc1cccc2sc3nc(-c4ccc(Cl)cc4)cn3c12. The van der Waals surface area contributed by atoms with Crippen molar-refractivity contribution in [1.29, 1.82) is 0 Å². The van der Waals surface area contributed by atoms with E-state index >= 15 is 0 Å². The Morgan fingerprint density at radius 2 is 1.90 bits per heavy atom. The lowest BCUT2D eigenvalue weighted by atomic mass is 10.2. The van der Waals surface area contributed by atoms with Gasteiger partial charge in [0.15, 0.2) is 4.96 Å². The van der Waals surface area contributed by atoms with Crippen molar-refractivity contribution in [3.8, 4) is 11.3 Å². The molecule has 0 saturated heterocycles. The molecule has 0 fully saturated rings. The Morgan fingerprint density at radius 3 is 2.70 bits per heavy atom. The van der Waals surface area contributed by atoms with Crippen molar-refractivity contribution in [3.63, 3.8) is 0 Å². The number of rotatable bonds is 1. The third kappa shape index (κ3) is 1.74. The number of para-hydroxylation sites is 1. The number of hydrogen-bond acceptors (Lipinski definition) is 2. The van der Waals surface area contributed by atoms with E-state index in [0.29, 0.717) is 0 Å². The third-order valence-electron chi connectivity index (χ3n) is 3.46. The van der Waals surface area contributed by atoms with E-state index < -0.39 is 0 Å². The van der Waals surface area contributed by atoms with E-state index in [1.165, 1.54) is 15.8 Å². The molecule has 20 heavy (non-hydrogen) atoms. The first-order valence-electron chi connectivity index (χ1n) is 6.35. The Labute approximate surface area is 125 Å². The molecule has 4 heteroatoms. The van der Waals surface area contributed by atoms with Crippen LogP contribution in [0, 0.1) is 6.92 Å². The maximum absolute atomic E-state index is 5.93. The smallest absolute Gasteiger partial charge is 0.195 e. The van der Waals surface area contributed by atoms with Crippen LogP contribution in [0.4, 0.5) is 0 Å². The number of nitrogens with zero attached hydrogens (tertiary/aromatic N) is 2. The van der Waals surface area contributed by atoms with E-state index in [0.717, 1.165) is 21.2 Å². The van der Waals surface area contributed by atoms with Gasteiger partial charge < -0.3 is 0 Å². The van der Waals surface area contributed by atoms with Crippen molar-refractivity contribution in [2.45, 2.75) is 6.92 Å². The standard InChI is InChI=1S/C16H11ClN2S/c1-10-3-2-4-14-15(10)19-9-13(18-16(19)20-14)11-5-7-12(17)8-6-11/h2-9H,1H3. The van der Waals surface area contributed by atoms with Crippen LogP contribution in [0.2, 0.25) is 5.02 Å². The van der Waals surface area contributed by atoms with Gasteiger partial charge in [-0.2, -0.15) is 0 Å². The van der Waals surface area contributed by atoms with Crippen LogP contribution in [0.3, 0.4) is 0 Å². The lowest BCUT2D eigenvalue weighted by Crippen LogP contribution is -1.81. The number of halogens is 1. The molecule has 0 aliphatic heterocycles. The van der Waals surface area contributed by atoms with Crippen LogP contribution in [0.1, 0.15) is 5.56 Å². The molecule has 4 rings (SSSR count). The topological polar surface area (TPSA) is 17.3 Å². The third-order valence-corrected chi connectivity index (χ3v) is 4.73. The van der Waals surface area contributed by atoms with Gasteiger partial charge in [-0.3, -0.25) is 4.40 Å². The molecule has 2 aromatic heterocycles. The van der Waals surface area contributed by atoms with E-state index in [4.69, 9.17) is 16.6 Å². The summed E-state index contributed by atoms with van der Waals surface area (Å²) in [5.74, 6) is 0. The molecule has 0 spiro atoms. The molecule has 0 unspecified atom stereocenters. The van der Waals surface area contributed by atoms with E-state index in [1.54, 1.807) is 11.3 Å². The summed E-state index contributed by atoms with van der Waals surface area (Å²) < 4.78 is 3.45. The summed E-state index contributed by atoms with van der Waals surface area (Å²) in [6.45, 7) is 2.14. The molecule has 2 nitrogen and oxygen atoms in total. The van der Waals surface area contributed by atoms with Crippen molar-refractivity contribution >= 4 is 38.1 Å². The Balaban J connectivity index is 1.97. The van der Waals surface area contributed by atoms with Crippen LogP contribution < -0.4 is 0 Å². The van der Waals surface area contributed by atoms with Crippen molar-refractivity contribution < 1.29 is 0 Å². The largest absolute Gasteiger partial charge is 0.289 e. The molecule has 0 amide bonds.